The van der Waals surface area contributed by atoms with Crippen LogP contribution in [0.5, 0.6) is 0 Å². The van der Waals surface area contributed by atoms with Gasteiger partial charge in [-0.1, -0.05) is 71.2 Å². The van der Waals surface area contributed by atoms with Crippen LogP contribution in [0.15, 0.2) is 53.3 Å². The van der Waals surface area contributed by atoms with Crippen LogP contribution in [-0.2, 0) is 4.57 Å². The van der Waals surface area contributed by atoms with E-state index in [0.717, 1.165) is 0 Å². The van der Waals surface area contributed by atoms with Crippen molar-refractivity contribution in [2.24, 2.45) is 0 Å². The number of imidazole rings is 1. The molecule has 0 saturated heterocycles. The number of unbranched alkanes of at least 4 members (excludes halogenated alkanes) is 2. The summed E-state index contributed by atoms with van der Waals surface area (Å²) in [6.07, 6.45) is 4.08. The first-order chi connectivity index (χ1) is 13.2. The average Bonchev–Trinajstić information content (AvgIpc) is 3.04. The van der Waals surface area contributed by atoms with E-state index in [1.165, 1.54) is 28.0 Å². The van der Waals surface area contributed by atoms with Crippen LogP contribution in [0.1, 0.15) is 47.0 Å². The van der Waals surface area contributed by atoms with Gasteiger partial charge in [0, 0.05) is 0 Å². The van der Waals surface area contributed by atoms with E-state index in [2.05, 4.69) is 18.8 Å². The molecule has 142 valence electrons. The molecule has 0 saturated carbocycles. The van der Waals surface area contributed by atoms with Crippen LogP contribution in [0.2, 0.25) is 0 Å². The molecule has 0 unspecified atom stereocenters. The third kappa shape index (κ3) is 4.09. The van der Waals surface area contributed by atoms with Gasteiger partial charge in [-0.15, -0.1) is 0 Å². The molecular formula is C21H26N3O2P. The Bertz CT molecular complexity index is 1100. The van der Waals surface area contributed by atoms with E-state index in [-0.39, 0.29) is 14.2 Å². The molecule has 0 fully saturated rings. The summed E-state index contributed by atoms with van der Waals surface area (Å²) in [6.45, 7) is 8.42. The minimum absolute atomic E-state index is 0.149. The molecule has 4 rings (SSSR count). The monoisotopic (exact) mass is 383 g/mol. The maximum Gasteiger partial charge on any atom is 0.289 e. The number of para-hydroxylation sites is 3. The quantitative estimate of drug-likeness (QED) is 0.403. The number of fused-ring (bicyclic) bond motifs is 4. The van der Waals surface area contributed by atoms with Gasteiger partial charge in [-0.3, -0.25) is 4.79 Å². The van der Waals surface area contributed by atoms with Crippen molar-refractivity contribution < 1.29 is 4.57 Å². The van der Waals surface area contributed by atoms with Crippen molar-refractivity contribution in [3.8, 4) is 0 Å². The molecule has 0 N–H and O–H groups in total. The molecule has 4 aromatic rings. The number of hydrogen-bond acceptors (Lipinski definition) is 3. The molecule has 0 atom stereocenters. The van der Waals surface area contributed by atoms with E-state index >= 15 is 0 Å². The van der Waals surface area contributed by atoms with Crippen molar-refractivity contribution >= 4 is 36.3 Å². The molecule has 0 aliphatic heterocycles. The van der Waals surface area contributed by atoms with Gasteiger partial charge in [0.05, 0.1) is 21.9 Å². The maximum atomic E-state index is 12.6. The van der Waals surface area contributed by atoms with Crippen LogP contribution in [0.4, 0.5) is 0 Å². The molecule has 2 heterocycles. The van der Waals surface area contributed by atoms with Crippen LogP contribution in [0, 0.1) is 0 Å². The highest BCUT2D eigenvalue weighted by Crippen LogP contribution is 2.23. The van der Waals surface area contributed by atoms with E-state index in [9.17, 15) is 9.36 Å². The second kappa shape index (κ2) is 9.98. The number of rotatable bonds is 3. The number of aromatic nitrogens is 3. The van der Waals surface area contributed by atoms with E-state index in [0.29, 0.717) is 27.7 Å². The van der Waals surface area contributed by atoms with Gasteiger partial charge in [-0.05, 0) is 24.3 Å². The second-order valence-electron chi connectivity index (χ2n) is 5.81. The standard InChI is InChI=1S/C14H8N3O2P.C5H12.C2H6/c18-13-9-5-1-2-6-10(9)15-14-16(13)11-7-3-4-8-12(11)17(14)20-19;1-3-5-4-2;1-2/h1-8H;3-5H2,1-2H3;1-2H3. The van der Waals surface area contributed by atoms with Crippen molar-refractivity contribution in [3.63, 3.8) is 0 Å². The van der Waals surface area contributed by atoms with E-state index < -0.39 is 0 Å². The van der Waals surface area contributed by atoms with Crippen LogP contribution >= 0.6 is 8.61 Å². The van der Waals surface area contributed by atoms with Gasteiger partial charge in [0.1, 0.15) is 0 Å². The highest BCUT2D eigenvalue weighted by molar-refractivity contribution is 7.22. The van der Waals surface area contributed by atoms with E-state index in [1.807, 2.05) is 50.2 Å². The van der Waals surface area contributed by atoms with Crippen LogP contribution in [-0.4, -0.2) is 13.7 Å². The Kier molecular flexibility index (Phi) is 7.68. The lowest BCUT2D eigenvalue weighted by atomic mass is 10.2. The van der Waals surface area contributed by atoms with Gasteiger partial charge in [0.2, 0.25) is 5.78 Å². The molecule has 0 aliphatic rings. The minimum Gasteiger partial charge on any atom is -0.268 e. The van der Waals surface area contributed by atoms with Crippen LogP contribution in [0.3, 0.4) is 0 Å². The highest BCUT2D eigenvalue weighted by Gasteiger charge is 2.15. The number of benzene rings is 2. The minimum atomic E-state index is -0.215. The Balaban J connectivity index is 0.000000327. The largest absolute Gasteiger partial charge is 0.289 e. The van der Waals surface area contributed by atoms with Crippen molar-refractivity contribution in [3.05, 3.63) is 58.9 Å². The lowest BCUT2D eigenvalue weighted by Crippen LogP contribution is -2.14. The molecular weight excluding hydrogens is 357 g/mol. The second-order valence-corrected chi connectivity index (χ2v) is 6.37. The lowest BCUT2D eigenvalue weighted by Gasteiger charge is -1.99. The summed E-state index contributed by atoms with van der Waals surface area (Å²) in [6, 6.07) is 14.5. The summed E-state index contributed by atoms with van der Waals surface area (Å²) in [5.41, 5.74) is 1.87. The molecule has 2 aromatic carbocycles. The Morgan fingerprint density at radius 2 is 1.52 bits per heavy atom. The Morgan fingerprint density at radius 3 is 2.11 bits per heavy atom. The first-order valence-corrected chi connectivity index (χ1v) is 10.2. The smallest absolute Gasteiger partial charge is 0.268 e. The average molecular weight is 383 g/mol. The predicted molar refractivity (Wildman–Crippen MR) is 114 cm³/mol. The van der Waals surface area contributed by atoms with Crippen LogP contribution < -0.4 is 5.56 Å². The Hall–Kier alpha value is -2.52. The van der Waals surface area contributed by atoms with Gasteiger partial charge in [-0.2, -0.15) is 0 Å². The number of hydrogen-bond donors (Lipinski definition) is 0. The fourth-order valence-electron chi connectivity index (χ4n) is 2.85. The summed E-state index contributed by atoms with van der Waals surface area (Å²) < 4.78 is 14.4. The van der Waals surface area contributed by atoms with Gasteiger partial charge in [0.25, 0.3) is 14.2 Å². The number of nitrogens with zero attached hydrogens (tertiary/aromatic N) is 3. The van der Waals surface area contributed by atoms with E-state index in [4.69, 9.17) is 0 Å². The molecule has 0 amide bonds. The van der Waals surface area contributed by atoms with Gasteiger partial charge in [0.15, 0.2) is 0 Å². The summed E-state index contributed by atoms with van der Waals surface area (Å²) in [7, 11) is -0.215. The molecule has 0 bridgehead atoms. The first kappa shape index (κ1) is 20.8. The fourth-order valence-corrected chi connectivity index (χ4v) is 3.32. The molecule has 6 heteroatoms. The third-order valence-corrected chi connectivity index (χ3v) is 4.64. The molecule has 27 heavy (non-hydrogen) atoms. The van der Waals surface area contributed by atoms with Crippen LogP contribution in [0.25, 0.3) is 27.7 Å². The topological polar surface area (TPSA) is 56.4 Å². The zero-order valence-electron chi connectivity index (χ0n) is 16.3. The lowest BCUT2D eigenvalue weighted by molar-refractivity contribution is 0.595. The highest BCUT2D eigenvalue weighted by atomic mass is 31.1. The normalized spacial score (nSPS) is 10.5. The zero-order valence-corrected chi connectivity index (χ0v) is 17.2. The van der Waals surface area contributed by atoms with Crippen molar-refractivity contribution in [2.45, 2.75) is 47.0 Å². The third-order valence-electron chi connectivity index (χ3n) is 4.09. The Labute approximate surface area is 160 Å². The van der Waals surface area contributed by atoms with Crippen molar-refractivity contribution in [2.75, 3.05) is 0 Å². The molecule has 0 aliphatic carbocycles. The molecule has 0 radical (unpaired) electrons. The summed E-state index contributed by atoms with van der Waals surface area (Å²) in [5, 5.41) is 0.551. The van der Waals surface area contributed by atoms with Gasteiger partial charge >= 0.3 is 0 Å². The summed E-state index contributed by atoms with van der Waals surface area (Å²) >= 11 is 0. The summed E-state index contributed by atoms with van der Waals surface area (Å²) in [5.74, 6) is 0.381. The van der Waals surface area contributed by atoms with Crippen molar-refractivity contribution in [1.82, 2.24) is 13.7 Å². The fraction of sp³-hybridized carbons (Fsp3) is 0.333. The van der Waals surface area contributed by atoms with Gasteiger partial charge < -0.3 is 0 Å². The molecule has 5 nitrogen and oxygen atoms in total. The van der Waals surface area contributed by atoms with Gasteiger partial charge in [-0.25, -0.2) is 18.3 Å². The summed E-state index contributed by atoms with van der Waals surface area (Å²) in [4.78, 5) is 17.1. The maximum absolute atomic E-state index is 12.6. The predicted octanol–water partition coefficient (Wildman–Crippen LogP) is 6.08. The SMILES string of the molecule is CC.CCCCC.O=Pn1c2ccccc2n2c(=O)c3ccccc3nc12. The van der Waals surface area contributed by atoms with Crippen molar-refractivity contribution in [1.29, 1.82) is 0 Å². The van der Waals surface area contributed by atoms with E-state index in [1.54, 1.807) is 12.1 Å². The zero-order chi connectivity index (χ0) is 19.8. The Morgan fingerprint density at radius 1 is 0.926 bits per heavy atom. The molecule has 0 spiro atoms. The first-order valence-electron chi connectivity index (χ1n) is 9.47. The molecule has 2 aromatic heterocycles.